The second-order valence-electron chi connectivity index (χ2n) is 6.69. The lowest BCUT2D eigenvalue weighted by atomic mass is 10.1. The molecule has 0 aliphatic rings. The molecule has 0 bridgehead atoms. The summed E-state index contributed by atoms with van der Waals surface area (Å²) in [6.07, 6.45) is 4.78. The fourth-order valence-corrected chi connectivity index (χ4v) is 3.30. The molecule has 0 aliphatic heterocycles. The van der Waals surface area contributed by atoms with E-state index in [-0.39, 0.29) is 0 Å². The summed E-state index contributed by atoms with van der Waals surface area (Å²) in [6, 6.07) is 16.5. The Morgan fingerprint density at radius 2 is 1.78 bits per heavy atom. The van der Waals surface area contributed by atoms with Crippen LogP contribution in [0.15, 0.2) is 60.9 Å². The summed E-state index contributed by atoms with van der Waals surface area (Å²) in [5.74, 6) is 1.42. The lowest BCUT2D eigenvalue weighted by molar-refractivity contribution is 1.01. The Hall–Kier alpha value is -3.34. The summed E-state index contributed by atoms with van der Waals surface area (Å²) in [4.78, 5) is 12.3. The molecule has 3 N–H and O–H groups in total. The quantitative estimate of drug-likeness (QED) is 0.456. The van der Waals surface area contributed by atoms with E-state index in [1.807, 2.05) is 12.1 Å². The van der Waals surface area contributed by atoms with E-state index in [1.54, 1.807) is 6.20 Å². The molecule has 2 aromatic heterocycles. The van der Waals surface area contributed by atoms with Gasteiger partial charge in [-0.25, -0.2) is 4.98 Å². The molecule has 5 nitrogen and oxygen atoms in total. The van der Waals surface area contributed by atoms with Gasteiger partial charge >= 0.3 is 0 Å². The minimum absolute atomic E-state index is 0.601. The van der Waals surface area contributed by atoms with Gasteiger partial charge in [-0.15, -0.1) is 0 Å². The first-order chi connectivity index (χ1) is 13.2. The van der Waals surface area contributed by atoms with Crippen molar-refractivity contribution in [3.05, 3.63) is 77.6 Å². The van der Waals surface area contributed by atoms with Gasteiger partial charge in [-0.1, -0.05) is 36.4 Å². The van der Waals surface area contributed by atoms with Crippen LogP contribution in [-0.2, 0) is 6.42 Å². The molecule has 0 fully saturated rings. The number of hydrogen-bond donors (Lipinski definition) is 3. The Morgan fingerprint density at radius 3 is 2.63 bits per heavy atom. The number of fused-ring (bicyclic) bond motifs is 1. The van der Waals surface area contributed by atoms with E-state index in [4.69, 9.17) is 0 Å². The van der Waals surface area contributed by atoms with Crippen molar-refractivity contribution in [3.63, 3.8) is 0 Å². The van der Waals surface area contributed by atoms with Gasteiger partial charge in [-0.05, 0) is 49.1 Å². The van der Waals surface area contributed by atoms with Crippen LogP contribution in [0.2, 0.25) is 0 Å². The van der Waals surface area contributed by atoms with Crippen LogP contribution in [0.4, 0.5) is 17.5 Å². The average molecular weight is 357 g/mol. The number of H-pyrrole nitrogens is 1. The number of rotatable bonds is 6. The van der Waals surface area contributed by atoms with Gasteiger partial charge in [-0.3, -0.25) is 0 Å². The molecule has 27 heavy (non-hydrogen) atoms. The number of para-hydroxylation sites is 2. The van der Waals surface area contributed by atoms with Gasteiger partial charge < -0.3 is 15.6 Å². The van der Waals surface area contributed by atoms with Crippen molar-refractivity contribution in [2.24, 2.45) is 0 Å². The number of anilines is 3. The zero-order valence-corrected chi connectivity index (χ0v) is 15.6. The Morgan fingerprint density at radius 1 is 0.963 bits per heavy atom. The minimum atomic E-state index is 0.601. The molecule has 0 saturated carbocycles. The molecule has 2 aromatic carbocycles. The Labute approximate surface area is 158 Å². The second-order valence-corrected chi connectivity index (χ2v) is 6.69. The number of benzene rings is 2. The molecular weight excluding hydrogens is 334 g/mol. The van der Waals surface area contributed by atoms with Gasteiger partial charge in [0.1, 0.15) is 5.82 Å². The normalized spacial score (nSPS) is 10.9. The molecule has 0 radical (unpaired) electrons. The minimum Gasteiger partial charge on any atom is -0.370 e. The fourth-order valence-electron chi connectivity index (χ4n) is 3.30. The monoisotopic (exact) mass is 357 g/mol. The van der Waals surface area contributed by atoms with Crippen molar-refractivity contribution in [3.8, 4) is 0 Å². The molecule has 2 heterocycles. The highest BCUT2D eigenvalue weighted by atomic mass is 15.1. The largest absolute Gasteiger partial charge is 0.370 e. The lowest BCUT2D eigenvalue weighted by Crippen LogP contribution is -2.08. The van der Waals surface area contributed by atoms with E-state index in [2.05, 4.69) is 82.0 Å². The summed E-state index contributed by atoms with van der Waals surface area (Å²) in [5, 5.41) is 8.02. The summed E-state index contributed by atoms with van der Waals surface area (Å²) in [6.45, 7) is 4.97. The summed E-state index contributed by atoms with van der Waals surface area (Å²) in [7, 11) is 0. The third kappa shape index (κ3) is 3.77. The molecular formula is C22H23N5. The van der Waals surface area contributed by atoms with Crippen molar-refractivity contribution in [1.29, 1.82) is 0 Å². The number of aromatic amines is 1. The lowest BCUT2D eigenvalue weighted by Gasteiger charge is -2.12. The van der Waals surface area contributed by atoms with Gasteiger partial charge in [0.2, 0.25) is 5.95 Å². The number of aromatic nitrogens is 3. The van der Waals surface area contributed by atoms with E-state index in [0.29, 0.717) is 5.95 Å². The van der Waals surface area contributed by atoms with Gasteiger partial charge in [0, 0.05) is 35.5 Å². The second kappa shape index (κ2) is 7.50. The zero-order valence-electron chi connectivity index (χ0n) is 15.6. The number of aryl methyl sites for hydroxylation is 2. The predicted octanol–water partition coefficient (Wildman–Crippen LogP) is 4.97. The third-order valence-electron chi connectivity index (χ3n) is 4.75. The van der Waals surface area contributed by atoms with Crippen molar-refractivity contribution in [2.45, 2.75) is 20.3 Å². The molecule has 0 amide bonds. The van der Waals surface area contributed by atoms with Crippen molar-refractivity contribution in [2.75, 3.05) is 17.2 Å². The number of hydrogen-bond acceptors (Lipinski definition) is 4. The van der Waals surface area contributed by atoms with Crippen LogP contribution in [0, 0.1) is 13.8 Å². The van der Waals surface area contributed by atoms with E-state index in [0.717, 1.165) is 24.5 Å². The molecule has 136 valence electrons. The van der Waals surface area contributed by atoms with E-state index in [9.17, 15) is 0 Å². The highest BCUT2D eigenvalue weighted by Crippen LogP contribution is 2.23. The van der Waals surface area contributed by atoms with Gasteiger partial charge in [0.05, 0.1) is 0 Å². The topological polar surface area (TPSA) is 65.6 Å². The molecule has 0 unspecified atom stereocenters. The van der Waals surface area contributed by atoms with Crippen LogP contribution in [0.25, 0.3) is 10.9 Å². The van der Waals surface area contributed by atoms with Crippen molar-refractivity contribution >= 4 is 28.4 Å². The van der Waals surface area contributed by atoms with E-state index in [1.165, 1.54) is 27.6 Å². The first-order valence-corrected chi connectivity index (χ1v) is 9.16. The molecule has 0 saturated heterocycles. The summed E-state index contributed by atoms with van der Waals surface area (Å²) >= 11 is 0. The number of nitrogens with one attached hydrogen (secondary N) is 3. The van der Waals surface area contributed by atoms with Gasteiger partial charge in [-0.2, -0.15) is 4.98 Å². The summed E-state index contributed by atoms with van der Waals surface area (Å²) < 4.78 is 0. The highest BCUT2D eigenvalue weighted by molar-refractivity contribution is 5.83. The maximum atomic E-state index is 4.59. The zero-order chi connectivity index (χ0) is 18.6. The van der Waals surface area contributed by atoms with E-state index >= 15 is 0 Å². The molecule has 0 atom stereocenters. The average Bonchev–Trinajstić information content (AvgIpc) is 3.09. The van der Waals surface area contributed by atoms with Gasteiger partial charge in [0.15, 0.2) is 0 Å². The van der Waals surface area contributed by atoms with Crippen molar-refractivity contribution in [1.82, 2.24) is 15.0 Å². The standard InChI is InChI=1S/C22H23N5/c1-15-6-5-7-16(2)21(15)27-22-24-13-11-20(26-22)23-12-10-17-14-25-19-9-4-3-8-18(17)19/h3-9,11,13-14,25H,10,12H2,1-2H3,(H2,23,24,26,27). The van der Waals surface area contributed by atoms with Crippen LogP contribution < -0.4 is 10.6 Å². The maximum Gasteiger partial charge on any atom is 0.229 e. The maximum absolute atomic E-state index is 4.59. The summed E-state index contributed by atoms with van der Waals surface area (Å²) in [5.41, 5.74) is 5.90. The Bertz CT molecular complexity index is 1050. The van der Waals surface area contributed by atoms with Crippen LogP contribution in [0.1, 0.15) is 16.7 Å². The first-order valence-electron chi connectivity index (χ1n) is 9.16. The van der Waals surface area contributed by atoms with Crippen LogP contribution in [0.3, 0.4) is 0 Å². The van der Waals surface area contributed by atoms with E-state index < -0.39 is 0 Å². The molecule has 5 heteroatoms. The van der Waals surface area contributed by atoms with Crippen LogP contribution in [0.5, 0.6) is 0 Å². The molecule has 4 aromatic rings. The third-order valence-corrected chi connectivity index (χ3v) is 4.75. The molecule has 0 aliphatic carbocycles. The van der Waals surface area contributed by atoms with Gasteiger partial charge in [0.25, 0.3) is 0 Å². The highest BCUT2D eigenvalue weighted by Gasteiger charge is 2.06. The first kappa shape index (κ1) is 17.1. The van der Waals surface area contributed by atoms with Crippen molar-refractivity contribution < 1.29 is 0 Å². The van der Waals surface area contributed by atoms with Crippen LogP contribution in [-0.4, -0.2) is 21.5 Å². The SMILES string of the molecule is Cc1cccc(C)c1Nc1nccc(NCCc2c[nH]c3ccccc23)n1. The smallest absolute Gasteiger partial charge is 0.229 e. The fraction of sp³-hybridized carbons (Fsp3) is 0.182. The number of nitrogens with zero attached hydrogens (tertiary/aromatic N) is 2. The molecule has 4 rings (SSSR count). The van der Waals surface area contributed by atoms with Crippen LogP contribution >= 0.6 is 0 Å². The Balaban J connectivity index is 1.42. The molecule has 0 spiro atoms. The predicted molar refractivity (Wildman–Crippen MR) is 112 cm³/mol. The Kier molecular flexibility index (Phi) is 4.75.